The van der Waals surface area contributed by atoms with Crippen LogP contribution in [0.15, 0.2) is 12.1 Å². The minimum absolute atomic E-state index is 0.156. The van der Waals surface area contributed by atoms with Gasteiger partial charge in [-0.05, 0) is 61.3 Å². The highest BCUT2D eigenvalue weighted by atomic mass is 127. The fourth-order valence-electron chi connectivity index (χ4n) is 2.98. The van der Waals surface area contributed by atoms with Crippen molar-refractivity contribution in [3.63, 3.8) is 0 Å². The number of nitrogens with zero attached hydrogens (tertiary/aromatic N) is 2. The first-order valence-electron chi connectivity index (χ1n) is 7.91. The second kappa shape index (κ2) is 6.88. The fourth-order valence-corrected chi connectivity index (χ4v) is 3.52. The van der Waals surface area contributed by atoms with E-state index in [1.807, 2.05) is 13.0 Å². The molecular weight excluding hydrogens is 395 g/mol. The lowest BCUT2D eigenvalue weighted by molar-refractivity contribution is -0.0117. The Morgan fingerprint density at radius 1 is 1.32 bits per heavy atom. The number of hydrogen-bond donors (Lipinski definition) is 1. The Balaban J connectivity index is 1.67. The van der Waals surface area contributed by atoms with E-state index in [4.69, 9.17) is 9.47 Å². The monoisotopic (exact) mass is 418 g/mol. The number of ether oxygens (including phenoxy) is 2. The Kier molecular flexibility index (Phi) is 5.09. The van der Waals surface area contributed by atoms with E-state index in [1.165, 1.54) is 0 Å². The van der Waals surface area contributed by atoms with E-state index in [0.29, 0.717) is 5.88 Å². The molecule has 0 aromatic carbocycles. The van der Waals surface area contributed by atoms with Crippen LogP contribution in [-0.2, 0) is 4.74 Å². The van der Waals surface area contributed by atoms with Crippen molar-refractivity contribution in [2.45, 2.75) is 44.3 Å². The predicted molar refractivity (Wildman–Crippen MR) is 93.5 cm³/mol. The van der Waals surface area contributed by atoms with Gasteiger partial charge in [-0.15, -0.1) is 0 Å². The van der Waals surface area contributed by atoms with Crippen LogP contribution in [0.2, 0.25) is 0 Å². The van der Waals surface area contributed by atoms with Crippen molar-refractivity contribution in [3.8, 4) is 5.88 Å². The molecule has 1 aliphatic heterocycles. The summed E-state index contributed by atoms with van der Waals surface area (Å²) in [7, 11) is 0. The highest BCUT2D eigenvalue weighted by Crippen LogP contribution is 2.31. The van der Waals surface area contributed by atoms with Crippen LogP contribution in [-0.4, -0.2) is 48.1 Å². The molecule has 2 aliphatic rings. The van der Waals surface area contributed by atoms with Gasteiger partial charge in [-0.25, -0.2) is 0 Å². The number of hydrogen-bond acceptors (Lipinski definition) is 5. The summed E-state index contributed by atoms with van der Waals surface area (Å²) >= 11 is 2.31. The van der Waals surface area contributed by atoms with E-state index >= 15 is 0 Å². The second-order valence-corrected chi connectivity index (χ2v) is 7.64. The molecule has 22 heavy (non-hydrogen) atoms. The van der Waals surface area contributed by atoms with Gasteiger partial charge in [0.15, 0.2) is 0 Å². The highest BCUT2D eigenvalue weighted by Gasteiger charge is 2.30. The maximum absolute atomic E-state index is 10.0. The summed E-state index contributed by atoms with van der Waals surface area (Å²) in [4.78, 5) is 6.91. The molecule has 1 aliphatic carbocycles. The Morgan fingerprint density at radius 3 is 2.68 bits per heavy atom. The molecule has 0 amide bonds. The number of aliphatic hydroxyl groups is 1. The summed E-state index contributed by atoms with van der Waals surface area (Å²) in [6, 6.07) is 4.07. The van der Waals surface area contributed by atoms with Crippen LogP contribution in [0.1, 0.15) is 32.6 Å². The van der Waals surface area contributed by atoms with Crippen LogP contribution in [0.4, 0.5) is 5.82 Å². The minimum atomic E-state index is -0.530. The lowest BCUT2D eigenvalue weighted by Gasteiger charge is -2.33. The molecule has 6 heteroatoms. The van der Waals surface area contributed by atoms with E-state index in [9.17, 15) is 5.11 Å². The second-order valence-electron chi connectivity index (χ2n) is 6.40. The third-order valence-corrected chi connectivity index (χ3v) is 5.01. The van der Waals surface area contributed by atoms with Gasteiger partial charge in [0.25, 0.3) is 0 Å². The van der Waals surface area contributed by atoms with Gasteiger partial charge in [0, 0.05) is 22.7 Å². The van der Waals surface area contributed by atoms with Crippen LogP contribution < -0.4 is 9.64 Å². The molecule has 0 bridgehead atoms. The maximum Gasteiger partial charge on any atom is 0.216 e. The van der Waals surface area contributed by atoms with Gasteiger partial charge in [-0.3, -0.25) is 0 Å². The Labute approximate surface area is 145 Å². The summed E-state index contributed by atoms with van der Waals surface area (Å²) in [5.74, 6) is 1.66. The zero-order chi connectivity index (χ0) is 15.6. The summed E-state index contributed by atoms with van der Waals surface area (Å²) < 4.78 is 12.6. The first kappa shape index (κ1) is 16.3. The van der Waals surface area contributed by atoms with Gasteiger partial charge in [0.05, 0.1) is 18.8 Å². The van der Waals surface area contributed by atoms with Gasteiger partial charge >= 0.3 is 0 Å². The van der Waals surface area contributed by atoms with Crippen molar-refractivity contribution in [2.75, 3.05) is 31.2 Å². The van der Waals surface area contributed by atoms with E-state index in [-0.39, 0.29) is 6.10 Å². The minimum Gasteiger partial charge on any atom is -0.474 e. The fraction of sp³-hybridized carbons (Fsp3) is 0.688. The quantitative estimate of drug-likeness (QED) is 0.765. The summed E-state index contributed by atoms with van der Waals surface area (Å²) in [6.45, 7) is 5.16. The third-order valence-electron chi connectivity index (χ3n) is 4.39. The molecule has 0 radical (unpaired) electrons. The zero-order valence-electron chi connectivity index (χ0n) is 12.9. The molecule has 122 valence electrons. The SMILES string of the molecule is C[C@]1(O)CC[C@@H](Oc2cc(I)cc(N3CCOCC3)n2)CC1. The standard InChI is InChI=1S/C16H23IN2O3/c1-16(20)4-2-13(3-5-16)22-15-11-12(17)10-14(18-15)19-6-8-21-9-7-19/h10-11,13,20H,2-9H2,1H3/t13-,16+. The van der Waals surface area contributed by atoms with Crippen molar-refractivity contribution in [1.82, 2.24) is 4.98 Å². The molecule has 0 atom stereocenters. The van der Waals surface area contributed by atoms with Crippen LogP contribution >= 0.6 is 22.6 Å². The summed E-state index contributed by atoms with van der Waals surface area (Å²) in [5.41, 5.74) is -0.530. The molecule has 1 saturated heterocycles. The van der Waals surface area contributed by atoms with Crippen LogP contribution in [0.25, 0.3) is 0 Å². The molecule has 0 unspecified atom stereocenters. The van der Waals surface area contributed by atoms with Gasteiger partial charge in [0.1, 0.15) is 11.9 Å². The molecular formula is C16H23IN2O3. The first-order chi connectivity index (χ1) is 10.5. The molecule has 2 heterocycles. The smallest absolute Gasteiger partial charge is 0.216 e. The Morgan fingerprint density at radius 2 is 2.00 bits per heavy atom. The van der Waals surface area contributed by atoms with Gasteiger partial charge in [-0.1, -0.05) is 0 Å². The molecule has 1 aromatic heterocycles. The van der Waals surface area contributed by atoms with E-state index < -0.39 is 5.60 Å². The largest absolute Gasteiger partial charge is 0.474 e. The molecule has 1 saturated carbocycles. The zero-order valence-corrected chi connectivity index (χ0v) is 15.1. The number of aromatic nitrogens is 1. The van der Waals surface area contributed by atoms with Crippen molar-refractivity contribution >= 4 is 28.4 Å². The highest BCUT2D eigenvalue weighted by molar-refractivity contribution is 14.1. The molecule has 5 nitrogen and oxygen atoms in total. The van der Waals surface area contributed by atoms with Crippen LogP contribution in [0, 0.1) is 3.57 Å². The average molecular weight is 418 g/mol. The van der Waals surface area contributed by atoms with Crippen molar-refractivity contribution in [2.24, 2.45) is 0 Å². The van der Waals surface area contributed by atoms with Crippen molar-refractivity contribution in [3.05, 3.63) is 15.7 Å². The van der Waals surface area contributed by atoms with Gasteiger partial charge < -0.3 is 19.5 Å². The molecule has 0 spiro atoms. The molecule has 1 N–H and O–H groups in total. The first-order valence-corrected chi connectivity index (χ1v) is 8.99. The maximum atomic E-state index is 10.0. The number of anilines is 1. The van der Waals surface area contributed by atoms with Crippen LogP contribution in [0.5, 0.6) is 5.88 Å². The number of pyridine rings is 1. The lowest BCUT2D eigenvalue weighted by Crippen LogP contribution is -2.37. The summed E-state index contributed by atoms with van der Waals surface area (Å²) in [5, 5.41) is 10.0. The van der Waals surface area contributed by atoms with E-state index in [0.717, 1.165) is 61.4 Å². The van der Waals surface area contributed by atoms with E-state index in [1.54, 1.807) is 0 Å². The van der Waals surface area contributed by atoms with Gasteiger partial charge in [-0.2, -0.15) is 4.98 Å². The van der Waals surface area contributed by atoms with Crippen molar-refractivity contribution in [1.29, 1.82) is 0 Å². The Hall–Kier alpha value is -0.600. The predicted octanol–water partition coefficient (Wildman–Crippen LogP) is 2.60. The normalized spacial score (nSPS) is 29.4. The third kappa shape index (κ3) is 4.23. The number of rotatable bonds is 3. The molecule has 3 rings (SSSR count). The van der Waals surface area contributed by atoms with Crippen molar-refractivity contribution < 1.29 is 14.6 Å². The lowest BCUT2D eigenvalue weighted by atomic mass is 9.85. The molecule has 2 fully saturated rings. The summed E-state index contributed by atoms with van der Waals surface area (Å²) in [6.07, 6.45) is 3.50. The average Bonchev–Trinajstić information content (AvgIpc) is 2.50. The number of halogens is 1. The number of morpholine rings is 1. The Bertz CT molecular complexity index is 508. The van der Waals surface area contributed by atoms with Crippen LogP contribution in [0.3, 0.4) is 0 Å². The topological polar surface area (TPSA) is 54.8 Å². The van der Waals surface area contributed by atoms with Gasteiger partial charge in [0.2, 0.25) is 5.88 Å². The van der Waals surface area contributed by atoms with E-state index in [2.05, 4.69) is 38.5 Å². The molecule has 1 aromatic rings.